The summed E-state index contributed by atoms with van der Waals surface area (Å²) in [5.74, 6) is -0.808. The Hall–Kier alpha value is -4.09. The fourth-order valence-corrected chi connectivity index (χ4v) is 4.71. The first-order valence-electron chi connectivity index (χ1n) is 16.8. The van der Waals surface area contributed by atoms with E-state index in [0.29, 0.717) is 48.6 Å². The number of amides is 2. The van der Waals surface area contributed by atoms with Gasteiger partial charge in [0.2, 0.25) is 0 Å². The number of carbonyl (C=O) groups is 5. The lowest BCUT2D eigenvalue weighted by Crippen LogP contribution is -2.53. The molecule has 2 amide bonds. The van der Waals surface area contributed by atoms with E-state index >= 15 is 0 Å². The predicted molar refractivity (Wildman–Crippen MR) is 189 cm³/mol. The Bertz CT molecular complexity index is 1350. The Balaban J connectivity index is 2.25. The zero-order valence-corrected chi connectivity index (χ0v) is 30.7. The molecule has 0 bridgehead atoms. The number of esters is 1. The maximum absolute atomic E-state index is 13.6. The normalized spacial score (nSPS) is 12.6. The molecule has 0 fully saturated rings. The van der Waals surface area contributed by atoms with E-state index in [1.807, 2.05) is 36.4 Å². The third kappa shape index (κ3) is 16.2. The van der Waals surface area contributed by atoms with E-state index in [-0.39, 0.29) is 31.0 Å². The standard InChI is InChI=1S/C38H55N3O8/c1-36(2,3)47-33(44)30(41(34(45)48-37(4,5)6)35(46)49-38(7,8)9)21-16-24-40(25-22-31(42)28-17-12-10-13-18-28)26-23-39-27-32(43)29-19-14-11-15-20-29/h10-15,17-20,30,39H,16,21-27H2,1-9H3/t30-/m0/s1. The molecule has 0 heterocycles. The number of rotatable bonds is 16. The number of hydrogen-bond donors (Lipinski definition) is 1. The van der Waals surface area contributed by atoms with Crippen LogP contribution in [0.4, 0.5) is 9.59 Å². The molecule has 270 valence electrons. The maximum Gasteiger partial charge on any atom is 0.420 e. The van der Waals surface area contributed by atoms with Crippen molar-refractivity contribution in [2.45, 2.75) is 104 Å². The van der Waals surface area contributed by atoms with Crippen molar-refractivity contribution >= 4 is 29.7 Å². The Morgan fingerprint density at radius 2 is 1.10 bits per heavy atom. The molecule has 0 radical (unpaired) electrons. The number of nitrogens with one attached hydrogen (secondary N) is 1. The summed E-state index contributed by atoms with van der Waals surface area (Å²) in [5, 5.41) is 3.19. The molecule has 2 aromatic carbocycles. The molecule has 0 aliphatic carbocycles. The summed E-state index contributed by atoms with van der Waals surface area (Å²) in [4.78, 5) is 68.8. The first kappa shape index (κ1) is 41.1. The Morgan fingerprint density at radius 1 is 0.633 bits per heavy atom. The fraction of sp³-hybridized carbons (Fsp3) is 0.553. The lowest BCUT2D eigenvalue weighted by molar-refractivity contribution is -0.161. The van der Waals surface area contributed by atoms with Gasteiger partial charge in [0, 0.05) is 37.2 Å². The minimum Gasteiger partial charge on any atom is -0.458 e. The SMILES string of the molecule is CC(C)(C)OC(=O)[C@H](CCCN(CCNCC(=O)c1ccccc1)CCC(=O)c1ccccc1)N(C(=O)OC(C)(C)C)C(=O)OC(C)(C)C. The number of imide groups is 1. The van der Waals surface area contributed by atoms with Gasteiger partial charge in [0.15, 0.2) is 11.6 Å². The molecule has 49 heavy (non-hydrogen) atoms. The summed E-state index contributed by atoms with van der Waals surface area (Å²) < 4.78 is 16.8. The molecule has 0 saturated heterocycles. The van der Waals surface area contributed by atoms with E-state index in [9.17, 15) is 24.0 Å². The molecule has 11 heteroatoms. The summed E-state index contributed by atoms with van der Waals surface area (Å²) in [6.45, 7) is 17.1. The van der Waals surface area contributed by atoms with Gasteiger partial charge in [0.1, 0.15) is 22.8 Å². The number of nitrogens with zero attached hydrogens (tertiary/aromatic N) is 2. The average Bonchev–Trinajstić information content (AvgIpc) is 2.98. The van der Waals surface area contributed by atoms with Gasteiger partial charge >= 0.3 is 18.2 Å². The van der Waals surface area contributed by atoms with Crippen LogP contribution >= 0.6 is 0 Å². The van der Waals surface area contributed by atoms with Crippen molar-refractivity contribution < 1.29 is 38.2 Å². The highest BCUT2D eigenvalue weighted by Crippen LogP contribution is 2.22. The van der Waals surface area contributed by atoms with Crippen LogP contribution < -0.4 is 5.32 Å². The summed E-state index contributed by atoms with van der Waals surface area (Å²) >= 11 is 0. The van der Waals surface area contributed by atoms with Gasteiger partial charge in [-0.3, -0.25) is 9.59 Å². The van der Waals surface area contributed by atoms with Crippen molar-refractivity contribution in [2.75, 3.05) is 32.7 Å². The Labute approximate surface area is 291 Å². The zero-order chi connectivity index (χ0) is 36.8. The van der Waals surface area contributed by atoms with Crippen LogP contribution in [0.15, 0.2) is 60.7 Å². The molecule has 1 N–H and O–H groups in total. The van der Waals surface area contributed by atoms with Crippen molar-refractivity contribution in [1.82, 2.24) is 15.1 Å². The summed E-state index contributed by atoms with van der Waals surface area (Å²) in [6.07, 6.45) is -1.37. The van der Waals surface area contributed by atoms with E-state index in [1.165, 1.54) is 0 Å². The number of hydrogen-bond acceptors (Lipinski definition) is 10. The molecule has 11 nitrogen and oxygen atoms in total. The monoisotopic (exact) mass is 681 g/mol. The number of Topliss-reactive ketones (excluding diaryl/α,β-unsaturated/α-hetero) is 2. The molecule has 2 aromatic rings. The molecule has 0 aliphatic heterocycles. The van der Waals surface area contributed by atoms with Crippen LogP contribution in [0, 0.1) is 0 Å². The molecule has 0 aliphatic rings. The van der Waals surface area contributed by atoms with E-state index in [1.54, 1.807) is 86.6 Å². The number of benzene rings is 2. The molecule has 1 atom stereocenters. The van der Waals surface area contributed by atoms with Crippen LogP contribution in [0.2, 0.25) is 0 Å². The Morgan fingerprint density at radius 3 is 1.57 bits per heavy atom. The highest BCUT2D eigenvalue weighted by Gasteiger charge is 2.42. The number of ether oxygens (including phenoxy) is 3. The van der Waals surface area contributed by atoms with Crippen molar-refractivity contribution in [2.24, 2.45) is 0 Å². The topological polar surface area (TPSA) is 132 Å². The highest BCUT2D eigenvalue weighted by atomic mass is 16.6. The van der Waals surface area contributed by atoms with Crippen LogP contribution in [0.25, 0.3) is 0 Å². The van der Waals surface area contributed by atoms with Gasteiger partial charge in [0.05, 0.1) is 6.54 Å². The molecular formula is C38H55N3O8. The second-order valence-electron chi connectivity index (χ2n) is 14.9. The number of ketones is 2. The van der Waals surface area contributed by atoms with Crippen LogP contribution in [-0.4, -0.2) is 95.1 Å². The summed E-state index contributed by atoms with van der Waals surface area (Å²) in [7, 11) is 0. The highest BCUT2D eigenvalue weighted by molar-refractivity contribution is 5.97. The molecule has 0 aromatic heterocycles. The molecular weight excluding hydrogens is 626 g/mol. The number of carbonyl (C=O) groups excluding carboxylic acids is 5. The van der Waals surface area contributed by atoms with E-state index in [2.05, 4.69) is 10.2 Å². The van der Waals surface area contributed by atoms with E-state index in [4.69, 9.17) is 14.2 Å². The molecule has 0 unspecified atom stereocenters. The van der Waals surface area contributed by atoms with Crippen LogP contribution in [0.1, 0.15) is 102 Å². The summed E-state index contributed by atoms with van der Waals surface area (Å²) in [6, 6.07) is 16.7. The third-order valence-electron chi connectivity index (χ3n) is 6.86. The predicted octanol–water partition coefficient (Wildman–Crippen LogP) is 6.70. The molecule has 2 rings (SSSR count). The van der Waals surface area contributed by atoms with Crippen molar-refractivity contribution in [3.05, 3.63) is 71.8 Å². The van der Waals surface area contributed by atoms with Crippen molar-refractivity contribution in [3.63, 3.8) is 0 Å². The summed E-state index contributed by atoms with van der Waals surface area (Å²) in [5.41, 5.74) is -1.56. The first-order valence-corrected chi connectivity index (χ1v) is 16.8. The zero-order valence-electron chi connectivity index (χ0n) is 30.7. The van der Waals surface area contributed by atoms with E-state index < -0.39 is 41.0 Å². The van der Waals surface area contributed by atoms with E-state index in [0.717, 1.165) is 0 Å². The lowest BCUT2D eigenvalue weighted by Gasteiger charge is -2.34. The van der Waals surface area contributed by atoms with Crippen LogP contribution in [-0.2, 0) is 19.0 Å². The van der Waals surface area contributed by atoms with Gasteiger partial charge in [-0.1, -0.05) is 60.7 Å². The third-order valence-corrected chi connectivity index (χ3v) is 6.86. The second-order valence-corrected chi connectivity index (χ2v) is 14.9. The average molecular weight is 682 g/mol. The van der Waals surface area contributed by atoms with Crippen LogP contribution in [0.5, 0.6) is 0 Å². The lowest BCUT2D eigenvalue weighted by atomic mass is 10.1. The van der Waals surface area contributed by atoms with Gasteiger partial charge in [-0.15, -0.1) is 0 Å². The van der Waals surface area contributed by atoms with Gasteiger partial charge in [0.25, 0.3) is 0 Å². The van der Waals surface area contributed by atoms with Gasteiger partial charge < -0.3 is 24.4 Å². The smallest absolute Gasteiger partial charge is 0.420 e. The van der Waals surface area contributed by atoms with Crippen LogP contribution in [0.3, 0.4) is 0 Å². The Kier molecular flexibility index (Phi) is 15.6. The fourth-order valence-electron chi connectivity index (χ4n) is 4.71. The largest absolute Gasteiger partial charge is 0.458 e. The van der Waals surface area contributed by atoms with Crippen molar-refractivity contribution in [1.29, 1.82) is 0 Å². The van der Waals surface area contributed by atoms with Crippen molar-refractivity contribution in [3.8, 4) is 0 Å². The molecule has 0 saturated carbocycles. The minimum absolute atomic E-state index is 0.00882. The van der Waals surface area contributed by atoms with Gasteiger partial charge in [-0.05, 0) is 81.7 Å². The minimum atomic E-state index is -1.33. The van der Waals surface area contributed by atoms with Gasteiger partial charge in [-0.25, -0.2) is 14.4 Å². The quantitative estimate of drug-likeness (QED) is 0.0884. The van der Waals surface area contributed by atoms with Gasteiger partial charge in [-0.2, -0.15) is 4.90 Å². The molecule has 0 spiro atoms. The first-order chi connectivity index (χ1) is 22.8. The second kappa shape index (κ2) is 18.6. The maximum atomic E-state index is 13.6.